The number of methoxy groups -OCH3 is 2. The predicted octanol–water partition coefficient (Wildman–Crippen LogP) is 20.0. The van der Waals surface area contributed by atoms with Crippen molar-refractivity contribution in [3.8, 4) is 17.2 Å². The second kappa shape index (κ2) is 33.4. The second-order valence-corrected chi connectivity index (χ2v) is 29.0. The summed E-state index contributed by atoms with van der Waals surface area (Å²) in [5, 5.41) is 1.53. The van der Waals surface area contributed by atoms with Crippen LogP contribution >= 0.6 is 29.4 Å². The Morgan fingerprint density at radius 2 is 0.961 bits per heavy atom. The van der Waals surface area contributed by atoms with Gasteiger partial charge in [0.05, 0.1) is 39.1 Å². The molecular weight excluding hydrogens is 1010 g/mol. The van der Waals surface area contributed by atoms with Crippen LogP contribution in [0.5, 0.6) is 17.2 Å². The zero-order valence-electron chi connectivity index (χ0n) is 54.8. The largest absolute Gasteiger partial charge is 0.496 e. The van der Waals surface area contributed by atoms with Crippen molar-refractivity contribution < 1.29 is 32.7 Å². The predicted molar refractivity (Wildman–Crippen MR) is 341 cm³/mol. The Kier molecular flexibility index (Phi) is 31.4. The summed E-state index contributed by atoms with van der Waals surface area (Å²) in [6.45, 7) is 63.2. The van der Waals surface area contributed by atoms with Crippen molar-refractivity contribution in [2.45, 2.75) is 225 Å². The molecule has 1 aromatic heterocycles. The lowest BCUT2D eigenvalue weighted by molar-refractivity contribution is 0.126. The van der Waals surface area contributed by atoms with E-state index in [1.54, 1.807) is 19.8 Å². The van der Waals surface area contributed by atoms with E-state index in [0.29, 0.717) is 17.8 Å². The topological polar surface area (TPSA) is 88.4 Å². The zero-order chi connectivity index (χ0) is 59.7. The summed E-state index contributed by atoms with van der Waals surface area (Å²) in [5.74, 6) is 9.62. The average molecular weight is 1130 g/mol. The van der Waals surface area contributed by atoms with Gasteiger partial charge in [-0.05, 0) is 218 Å². The van der Waals surface area contributed by atoms with Gasteiger partial charge < -0.3 is 23.7 Å². The smallest absolute Gasteiger partial charge is 0.472 e. The fourth-order valence-electron chi connectivity index (χ4n) is 9.88. The van der Waals surface area contributed by atoms with Crippen molar-refractivity contribution in [3.63, 3.8) is 0 Å². The van der Waals surface area contributed by atoms with Crippen molar-refractivity contribution in [1.29, 1.82) is 0 Å². The minimum absolute atomic E-state index is 0.150. The molecule has 3 aromatic carbocycles. The first-order valence-corrected chi connectivity index (χ1v) is 32.9. The van der Waals surface area contributed by atoms with Crippen LogP contribution in [0.2, 0.25) is 0 Å². The van der Waals surface area contributed by atoms with Crippen LogP contribution in [0.4, 0.5) is 0 Å². The Bertz CT molecular complexity index is 2400. The van der Waals surface area contributed by atoms with Crippen LogP contribution in [-0.4, -0.2) is 54.5 Å². The number of aryl methyl sites for hydroxylation is 2. The number of nitrogens with zero attached hydrogens (tertiary/aromatic N) is 1. The normalized spacial score (nSPS) is 12.3. The number of benzene rings is 3. The Hall–Kier alpha value is -2.59. The van der Waals surface area contributed by atoms with Gasteiger partial charge >= 0.3 is 7.82 Å². The van der Waals surface area contributed by atoms with Crippen LogP contribution in [0.15, 0.2) is 0 Å². The van der Waals surface area contributed by atoms with E-state index in [1.807, 2.05) is 49.3 Å². The van der Waals surface area contributed by atoms with Gasteiger partial charge in [-0.3, -0.25) is 9.05 Å². The highest BCUT2D eigenvalue weighted by Gasteiger charge is 2.32. The molecule has 0 saturated carbocycles. The number of phosphoric acid groups is 1. The standard InChI is InChI=1S/C28H42O3.C21H33N.C9H20S2.C8H19O4P/c1-14(2)23(25-18(7)19(8)26(29-12)22(11)28(25)30-13)24-16(5)20(9)27(31-15(3)4)21(10)17(24)6;1-12(2)10-19-18(9)22(11-13(3)4)21-17(8)15(6)14(5)16(7)20(19)21;1-8(2)5-6-10-11-7-9(3)4;1-7(2)5-11-13(9,10)12-6-8(3)4/h14-15,23H,1-13H3;12-13H,10-11H2,1-9H3;8-9H,5-7H2,1-4H3;7-8H,5-6H2,1-4H3,(H,9,10). The number of phosphoric ester groups is 1. The third-order valence-corrected chi connectivity index (χ3v) is 18.3. The molecule has 0 fully saturated rings. The van der Waals surface area contributed by atoms with Crippen molar-refractivity contribution in [3.05, 3.63) is 83.6 Å². The molecule has 0 amide bonds. The number of ether oxygens (including phenoxy) is 3. The molecule has 1 heterocycles. The van der Waals surface area contributed by atoms with Crippen molar-refractivity contribution in [1.82, 2.24) is 4.57 Å². The first-order valence-electron chi connectivity index (χ1n) is 28.9. The Morgan fingerprint density at radius 1 is 0.494 bits per heavy atom. The minimum Gasteiger partial charge on any atom is -0.496 e. The molecule has 0 bridgehead atoms. The van der Waals surface area contributed by atoms with Gasteiger partial charge in [0.25, 0.3) is 0 Å². The van der Waals surface area contributed by atoms with E-state index < -0.39 is 7.82 Å². The maximum Gasteiger partial charge on any atom is 0.472 e. The van der Waals surface area contributed by atoms with Crippen LogP contribution in [0, 0.1) is 125 Å². The van der Waals surface area contributed by atoms with Gasteiger partial charge in [-0.25, -0.2) is 4.57 Å². The number of aromatic nitrogens is 1. The van der Waals surface area contributed by atoms with Crippen molar-refractivity contribution >= 4 is 40.3 Å². The maximum atomic E-state index is 11.1. The van der Waals surface area contributed by atoms with Gasteiger partial charge in [0.2, 0.25) is 0 Å². The molecule has 0 aliphatic carbocycles. The average Bonchev–Trinajstić information content (AvgIpc) is 3.58. The monoisotopic (exact) mass is 1130 g/mol. The molecule has 1 unspecified atom stereocenters. The summed E-state index contributed by atoms with van der Waals surface area (Å²) < 4.78 is 41.2. The van der Waals surface area contributed by atoms with Gasteiger partial charge in [0.1, 0.15) is 17.2 Å². The fourth-order valence-corrected chi connectivity index (χ4v) is 13.7. The van der Waals surface area contributed by atoms with E-state index in [-0.39, 0.29) is 37.1 Å². The highest BCUT2D eigenvalue weighted by Crippen LogP contribution is 2.49. The molecule has 0 saturated heterocycles. The van der Waals surface area contributed by atoms with Crippen LogP contribution in [-0.2, 0) is 26.6 Å². The Labute approximate surface area is 481 Å². The summed E-state index contributed by atoms with van der Waals surface area (Å²) in [4.78, 5) is 9.12. The lowest BCUT2D eigenvalue weighted by Crippen LogP contribution is -2.18. The molecule has 11 heteroatoms. The van der Waals surface area contributed by atoms with Crippen LogP contribution < -0.4 is 14.2 Å². The third kappa shape index (κ3) is 21.0. The molecule has 1 N–H and O–H groups in total. The molecule has 4 rings (SSSR count). The summed E-state index contributed by atoms with van der Waals surface area (Å²) in [5.41, 5.74) is 21.7. The molecule has 77 heavy (non-hydrogen) atoms. The molecular formula is C66H114NO7PS2. The van der Waals surface area contributed by atoms with E-state index in [0.717, 1.165) is 41.2 Å². The molecule has 8 nitrogen and oxygen atoms in total. The van der Waals surface area contributed by atoms with E-state index in [2.05, 4.69) is 171 Å². The second-order valence-electron chi connectivity index (χ2n) is 24.9. The van der Waals surface area contributed by atoms with Gasteiger partial charge in [0, 0.05) is 46.2 Å². The SMILES string of the molecule is CC(C)CCSSCC(C)C.CC(C)COP(=O)(O)OCC(C)C.COc1c(C)c(C)c(C(c2c(C)c(C)c(OC(C)C)c(C)c2C)C(C)C)c(OC)c1C.Cc1c(C)c(C)c2c(c1C)c(CC(C)C)c(C)n2CC(C)C. The number of fused-ring (bicyclic) bond motifs is 1. The fraction of sp³-hybridized carbons (Fsp3) is 0.697. The van der Waals surface area contributed by atoms with Gasteiger partial charge in [0.15, 0.2) is 0 Å². The minimum atomic E-state index is -3.80. The summed E-state index contributed by atoms with van der Waals surface area (Å²) >= 11 is 0. The number of hydrogen-bond donors (Lipinski definition) is 1. The third-order valence-electron chi connectivity index (χ3n) is 14.5. The van der Waals surface area contributed by atoms with Crippen LogP contribution in [0.3, 0.4) is 0 Å². The van der Waals surface area contributed by atoms with Gasteiger partial charge in [-0.2, -0.15) is 0 Å². The van der Waals surface area contributed by atoms with Gasteiger partial charge in [-0.1, -0.05) is 119 Å². The Balaban J connectivity index is 0.000000559. The maximum absolute atomic E-state index is 11.1. The van der Waals surface area contributed by atoms with E-state index >= 15 is 0 Å². The molecule has 0 spiro atoms. The van der Waals surface area contributed by atoms with Gasteiger partial charge in [-0.15, -0.1) is 0 Å². The summed E-state index contributed by atoms with van der Waals surface area (Å²) in [6, 6.07) is 0. The summed E-state index contributed by atoms with van der Waals surface area (Å²) in [6.07, 6.45) is 2.68. The van der Waals surface area contributed by atoms with Crippen LogP contribution in [0.25, 0.3) is 10.9 Å². The molecule has 442 valence electrons. The zero-order valence-corrected chi connectivity index (χ0v) is 57.3. The first kappa shape index (κ1) is 72.4. The van der Waals surface area contributed by atoms with E-state index in [4.69, 9.17) is 28.2 Å². The number of hydrogen-bond acceptors (Lipinski definition) is 8. The summed E-state index contributed by atoms with van der Waals surface area (Å²) in [7, 11) is 3.76. The Morgan fingerprint density at radius 3 is 1.36 bits per heavy atom. The quantitative estimate of drug-likeness (QED) is 0.0443. The van der Waals surface area contributed by atoms with Crippen molar-refractivity contribution in [2.24, 2.45) is 41.4 Å². The first-order chi connectivity index (χ1) is 35.5. The molecule has 0 aliphatic rings. The van der Waals surface area contributed by atoms with E-state index in [1.165, 1.54) is 108 Å². The molecule has 0 aliphatic heterocycles. The number of rotatable bonds is 23. The molecule has 4 aromatic rings. The lowest BCUT2D eigenvalue weighted by atomic mass is 9.74. The highest BCUT2D eigenvalue weighted by atomic mass is 33.1. The van der Waals surface area contributed by atoms with Crippen molar-refractivity contribution in [2.75, 3.05) is 38.9 Å². The van der Waals surface area contributed by atoms with Crippen LogP contribution in [0.1, 0.15) is 207 Å². The highest BCUT2D eigenvalue weighted by molar-refractivity contribution is 8.76. The lowest BCUT2D eigenvalue weighted by Gasteiger charge is -2.33. The molecule has 1 atom stereocenters. The molecule has 0 radical (unpaired) electrons. The van der Waals surface area contributed by atoms with E-state index in [9.17, 15) is 4.57 Å².